The summed E-state index contributed by atoms with van der Waals surface area (Å²) in [4.78, 5) is 9.39. The van der Waals surface area contributed by atoms with Gasteiger partial charge in [-0.25, -0.2) is 0 Å². The minimum atomic E-state index is -0.153. The number of ether oxygens (including phenoxy) is 1. The third-order valence-corrected chi connectivity index (χ3v) is 3.99. The molecule has 0 N–H and O–H groups in total. The van der Waals surface area contributed by atoms with Crippen molar-refractivity contribution < 1.29 is 4.74 Å². The van der Waals surface area contributed by atoms with E-state index >= 15 is 0 Å². The first-order valence-electron chi connectivity index (χ1n) is 7.98. The van der Waals surface area contributed by atoms with Crippen molar-refractivity contribution in [2.75, 3.05) is 13.2 Å². The van der Waals surface area contributed by atoms with Crippen LogP contribution < -0.4 is 0 Å². The summed E-state index contributed by atoms with van der Waals surface area (Å²) < 4.78 is 5.64. The molecule has 21 heavy (non-hydrogen) atoms. The molecule has 1 aromatic carbocycles. The minimum Gasteiger partial charge on any atom is -0.478 e. The fraction of sp³-hybridized carbons (Fsp3) is 0.556. The highest BCUT2D eigenvalue weighted by Crippen LogP contribution is 2.36. The van der Waals surface area contributed by atoms with Crippen molar-refractivity contribution in [3.63, 3.8) is 0 Å². The SMILES string of the molecule is CC.CC(C)(C1=NC(c2ccccc2)CC1)C1=NCCO1. The first-order chi connectivity index (χ1) is 10.2. The summed E-state index contributed by atoms with van der Waals surface area (Å²) in [7, 11) is 0. The molecule has 3 rings (SSSR count). The molecular weight excluding hydrogens is 260 g/mol. The molecule has 3 nitrogen and oxygen atoms in total. The predicted octanol–water partition coefficient (Wildman–Crippen LogP) is 4.44. The molecule has 2 aliphatic heterocycles. The van der Waals surface area contributed by atoms with E-state index in [1.165, 1.54) is 11.3 Å². The standard InChI is InChI=1S/C16H20N2O.C2H6/c1-16(2,15-17-10-11-19-15)14-9-8-13(18-14)12-6-4-3-5-7-12;1-2/h3-7,13H,8-11H2,1-2H3;1-2H3. The lowest BCUT2D eigenvalue weighted by Crippen LogP contribution is -2.32. The lowest BCUT2D eigenvalue weighted by Gasteiger charge is -2.24. The van der Waals surface area contributed by atoms with E-state index in [1.807, 2.05) is 19.9 Å². The highest BCUT2D eigenvalue weighted by atomic mass is 16.5. The van der Waals surface area contributed by atoms with Crippen LogP contribution in [0.5, 0.6) is 0 Å². The minimum absolute atomic E-state index is 0.153. The Morgan fingerprint density at radius 2 is 1.86 bits per heavy atom. The van der Waals surface area contributed by atoms with E-state index in [2.05, 4.69) is 43.1 Å². The van der Waals surface area contributed by atoms with Crippen LogP contribution in [-0.4, -0.2) is 24.8 Å². The largest absolute Gasteiger partial charge is 0.478 e. The van der Waals surface area contributed by atoms with E-state index in [0.29, 0.717) is 12.6 Å². The van der Waals surface area contributed by atoms with Crippen LogP contribution in [0.15, 0.2) is 40.3 Å². The van der Waals surface area contributed by atoms with E-state index in [-0.39, 0.29) is 5.41 Å². The Morgan fingerprint density at radius 3 is 2.48 bits per heavy atom. The van der Waals surface area contributed by atoms with Gasteiger partial charge >= 0.3 is 0 Å². The molecule has 0 amide bonds. The average molecular weight is 286 g/mol. The number of rotatable bonds is 3. The van der Waals surface area contributed by atoms with Gasteiger partial charge in [0.25, 0.3) is 0 Å². The number of benzene rings is 1. The molecule has 0 bridgehead atoms. The van der Waals surface area contributed by atoms with Crippen molar-refractivity contribution in [1.82, 2.24) is 0 Å². The zero-order valence-electron chi connectivity index (χ0n) is 13.6. The third kappa shape index (κ3) is 3.34. The van der Waals surface area contributed by atoms with Crippen LogP contribution >= 0.6 is 0 Å². The third-order valence-electron chi connectivity index (χ3n) is 3.99. The summed E-state index contributed by atoms with van der Waals surface area (Å²) >= 11 is 0. The Morgan fingerprint density at radius 1 is 1.14 bits per heavy atom. The molecule has 0 spiro atoms. The Balaban J connectivity index is 0.000000774. The van der Waals surface area contributed by atoms with Crippen molar-refractivity contribution in [2.24, 2.45) is 15.4 Å². The van der Waals surface area contributed by atoms with Crippen LogP contribution in [0.1, 0.15) is 52.1 Å². The van der Waals surface area contributed by atoms with Crippen LogP contribution in [0.4, 0.5) is 0 Å². The first kappa shape index (κ1) is 15.7. The van der Waals surface area contributed by atoms with Gasteiger partial charge in [0.2, 0.25) is 0 Å². The second kappa shape index (κ2) is 6.88. The molecule has 0 fully saturated rings. The number of nitrogens with zero attached hydrogens (tertiary/aromatic N) is 2. The Labute approximate surface area is 128 Å². The Hall–Kier alpha value is -1.64. The molecule has 114 valence electrons. The van der Waals surface area contributed by atoms with E-state index in [4.69, 9.17) is 9.73 Å². The highest BCUT2D eigenvalue weighted by Gasteiger charge is 2.37. The first-order valence-corrected chi connectivity index (χ1v) is 7.98. The van der Waals surface area contributed by atoms with Gasteiger partial charge in [-0.1, -0.05) is 44.2 Å². The predicted molar refractivity (Wildman–Crippen MR) is 89.2 cm³/mol. The normalized spacial score (nSPS) is 21.0. The molecule has 0 aromatic heterocycles. The summed E-state index contributed by atoms with van der Waals surface area (Å²) in [5.74, 6) is 0.861. The fourth-order valence-electron chi connectivity index (χ4n) is 2.82. The highest BCUT2D eigenvalue weighted by molar-refractivity contribution is 6.09. The van der Waals surface area contributed by atoms with E-state index < -0.39 is 0 Å². The van der Waals surface area contributed by atoms with E-state index in [9.17, 15) is 0 Å². The van der Waals surface area contributed by atoms with Gasteiger partial charge in [-0.05, 0) is 32.3 Å². The molecule has 0 saturated heterocycles. The van der Waals surface area contributed by atoms with E-state index in [0.717, 1.165) is 25.3 Å². The zero-order chi connectivity index (χ0) is 15.3. The molecule has 1 unspecified atom stereocenters. The lowest BCUT2D eigenvalue weighted by atomic mass is 9.85. The summed E-state index contributed by atoms with van der Waals surface area (Å²) in [6.07, 6.45) is 2.13. The van der Waals surface area contributed by atoms with Crippen LogP contribution in [0.2, 0.25) is 0 Å². The topological polar surface area (TPSA) is 34.0 Å². The van der Waals surface area contributed by atoms with Crippen LogP contribution in [0, 0.1) is 5.41 Å². The van der Waals surface area contributed by atoms with E-state index in [1.54, 1.807) is 0 Å². The molecule has 1 aromatic rings. The van der Waals surface area contributed by atoms with Gasteiger partial charge < -0.3 is 4.74 Å². The van der Waals surface area contributed by atoms with Crippen molar-refractivity contribution in [1.29, 1.82) is 0 Å². The van der Waals surface area contributed by atoms with Crippen LogP contribution in [-0.2, 0) is 4.74 Å². The van der Waals surface area contributed by atoms with Gasteiger partial charge in [-0.15, -0.1) is 0 Å². The van der Waals surface area contributed by atoms with Gasteiger partial charge in [0.15, 0.2) is 5.90 Å². The molecule has 0 saturated carbocycles. The Bertz CT molecular complexity index is 517. The van der Waals surface area contributed by atoms with Crippen LogP contribution in [0.25, 0.3) is 0 Å². The molecule has 0 aliphatic carbocycles. The summed E-state index contributed by atoms with van der Waals surface area (Å²) in [6, 6.07) is 10.8. The van der Waals surface area contributed by atoms with Crippen LogP contribution in [0.3, 0.4) is 0 Å². The molecule has 2 aliphatic rings. The van der Waals surface area contributed by atoms with Gasteiger partial charge in [-0.2, -0.15) is 0 Å². The molecule has 2 heterocycles. The summed E-state index contributed by atoms with van der Waals surface area (Å²) in [5, 5.41) is 0. The maximum atomic E-state index is 5.64. The number of hydrogen-bond donors (Lipinski definition) is 0. The molecule has 3 heteroatoms. The smallest absolute Gasteiger partial charge is 0.195 e. The summed E-state index contributed by atoms with van der Waals surface area (Å²) in [5.41, 5.74) is 2.38. The van der Waals surface area contributed by atoms with Gasteiger partial charge in [-0.3, -0.25) is 9.98 Å². The van der Waals surface area contributed by atoms with Gasteiger partial charge in [0.05, 0.1) is 18.0 Å². The summed E-state index contributed by atoms with van der Waals surface area (Å²) in [6.45, 7) is 9.84. The van der Waals surface area contributed by atoms with Crippen molar-refractivity contribution in [3.05, 3.63) is 35.9 Å². The second-order valence-corrected chi connectivity index (χ2v) is 5.70. The zero-order valence-corrected chi connectivity index (χ0v) is 13.6. The van der Waals surface area contributed by atoms with Gasteiger partial charge in [0, 0.05) is 5.71 Å². The van der Waals surface area contributed by atoms with Crippen molar-refractivity contribution in [2.45, 2.75) is 46.6 Å². The quantitative estimate of drug-likeness (QED) is 0.808. The maximum absolute atomic E-state index is 5.64. The molecule has 0 radical (unpaired) electrons. The second-order valence-electron chi connectivity index (χ2n) is 5.70. The van der Waals surface area contributed by atoms with Crippen molar-refractivity contribution >= 4 is 11.6 Å². The lowest BCUT2D eigenvalue weighted by molar-refractivity contribution is 0.317. The number of aliphatic imine (C=N–C) groups is 2. The Kier molecular flexibility index (Phi) is 5.16. The monoisotopic (exact) mass is 286 g/mol. The van der Waals surface area contributed by atoms with Crippen molar-refractivity contribution in [3.8, 4) is 0 Å². The maximum Gasteiger partial charge on any atom is 0.195 e. The molecular formula is C18H26N2O. The molecule has 1 atom stereocenters. The van der Waals surface area contributed by atoms with Gasteiger partial charge in [0.1, 0.15) is 6.61 Å². The average Bonchev–Trinajstić information content (AvgIpc) is 3.22. The number of hydrogen-bond acceptors (Lipinski definition) is 3. The fourth-order valence-corrected chi connectivity index (χ4v) is 2.82.